The van der Waals surface area contributed by atoms with Gasteiger partial charge in [0.15, 0.2) is 5.96 Å². The average molecular weight is 570 g/mol. The SMILES string of the molecule is CN=C(NCc1ccc(C(=O)NC)cc1)NCC1CCCN(C)C1c1cccc(Cl)c1.I. The van der Waals surface area contributed by atoms with E-state index in [-0.39, 0.29) is 29.9 Å². The quantitative estimate of drug-likeness (QED) is 0.279. The van der Waals surface area contributed by atoms with Crippen LogP contribution in [0.4, 0.5) is 0 Å². The summed E-state index contributed by atoms with van der Waals surface area (Å²) in [6.45, 7) is 2.56. The van der Waals surface area contributed by atoms with E-state index in [1.165, 1.54) is 12.0 Å². The highest BCUT2D eigenvalue weighted by atomic mass is 127. The van der Waals surface area contributed by atoms with E-state index in [1.54, 1.807) is 14.1 Å². The van der Waals surface area contributed by atoms with E-state index in [9.17, 15) is 4.79 Å². The minimum atomic E-state index is -0.0799. The van der Waals surface area contributed by atoms with Gasteiger partial charge in [0.25, 0.3) is 5.91 Å². The molecule has 0 aliphatic carbocycles. The van der Waals surface area contributed by atoms with E-state index >= 15 is 0 Å². The molecule has 0 bridgehead atoms. The number of nitrogens with one attached hydrogen (secondary N) is 3. The topological polar surface area (TPSA) is 68.8 Å². The first kappa shape index (κ1) is 26.4. The highest BCUT2D eigenvalue weighted by Gasteiger charge is 2.30. The normalized spacial score (nSPS) is 19.1. The summed E-state index contributed by atoms with van der Waals surface area (Å²) in [5.74, 6) is 1.15. The number of likely N-dealkylation sites (tertiary alicyclic amines) is 1. The Hall–Kier alpha value is -1.84. The fraction of sp³-hybridized carbons (Fsp3) is 0.417. The summed E-state index contributed by atoms with van der Waals surface area (Å²) in [7, 11) is 5.60. The van der Waals surface area contributed by atoms with Crippen LogP contribution in [0.1, 0.15) is 40.4 Å². The van der Waals surface area contributed by atoms with E-state index in [4.69, 9.17) is 11.6 Å². The molecular formula is C24H33ClIN5O. The predicted octanol–water partition coefficient (Wildman–Crippen LogP) is 4.07. The third-order valence-electron chi connectivity index (χ3n) is 5.86. The molecule has 1 aliphatic rings. The largest absolute Gasteiger partial charge is 0.356 e. The first-order valence-corrected chi connectivity index (χ1v) is 11.1. The van der Waals surface area contributed by atoms with Gasteiger partial charge in [-0.1, -0.05) is 35.9 Å². The number of piperidine rings is 1. The van der Waals surface area contributed by atoms with Crippen molar-refractivity contribution in [3.63, 3.8) is 0 Å². The fourth-order valence-corrected chi connectivity index (χ4v) is 4.44. The number of aliphatic imine (C=N–C) groups is 1. The zero-order valence-electron chi connectivity index (χ0n) is 18.9. The first-order valence-electron chi connectivity index (χ1n) is 10.7. The van der Waals surface area contributed by atoms with Crippen LogP contribution in [-0.2, 0) is 6.54 Å². The predicted molar refractivity (Wildman–Crippen MR) is 143 cm³/mol. The van der Waals surface area contributed by atoms with Gasteiger partial charge in [0, 0.05) is 43.8 Å². The summed E-state index contributed by atoms with van der Waals surface area (Å²) in [5, 5.41) is 10.3. The number of guanidine groups is 1. The average Bonchev–Trinajstić information content (AvgIpc) is 2.79. The number of rotatable bonds is 6. The molecule has 0 radical (unpaired) electrons. The van der Waals surface area contributed by atoms with Crippen molar-refractivity contribution in [1.82, 2.24) is 20.9 Å². The Morgan fingerprint density at radius 1 is 1.19 bits per heavy atom. The minimum absolute atomic E-state index is 0. The van der Waals surface area contributed by atoms with Crippen LogP contribution in [0.15, 0.2) is 53.5 Å². The van der Waals surface area contributed by atoms with Crippen molar-refractivity contribution < 1.29 is 4.79 Å². The molecule has 1 aliphatic heterocycles. The molecule has 8 heteroatoms. The number of carbonyl (C=O) groups is 1. The lowest BCUT2D eigenvalue weighted by molar-refractivity contribution is 0.0963. The Morgan fingerprint density at radius 3 is 2.59 bits per heavy atom. The maximum atomic E-state index is 11.7. The van der Waals surface area contributed by atoms with Crippen molar-refractivity contribution in [3.8, 4) is 0 Å². The van der Waals surface area contributed by atoms with Gasteiger partial charge in [-0.25, -0.2) is 0 Å². The number of halogens is 2. The Kier molecular flexibility index (Phi) is 10.7. The van der Waals surface area contributed by atoms with Crippen LogP contribution < -0.4 is 16.0 Å². The van der Waals surface area contributed by atoms with Crippen LogP contribution in [0.2, 0.25) is 5.02 Å². The summed E-state index contributed by atoms with van der Waals surface area (Å²) in [4.78, 5) is 18.5. The van der Waals surface area contributed by atoms with Crippen LogP contribution in [-0.4, -0.2) is 51.0 Å². The van der Waals surface area contributed by atoms with Crippen molar-refractivity contribution in [2.45, 2.75) is 25.4 Å². The third kappa shape index (κ3) is 7.08. The second-order valence-electron chi connectivity index (χ2n) is 7.97. The highest BCUT2D eigenvalue weighted by molar-refractivity contribution is 14.0. The number of hydrogen-bond acceptors (Lipinski definition) is 3. The lowest BCUT2D eigenvalue weighted by atomic mass is 9.85. The van der Waals surface area contributed by atoms with Crippen molar-refractivity contribution >= 4 is 47.4 Å². The molecule has 1 saturated heterocycles. The monoisotopic (exact) mass is 569 g/mol. The highest BCUT2D eigenvalue weighted by Crippen LogP contribution is 2.35. The third-order valence-corrected chi connectivity index (χ3v) is 6.09. The van der Waals surface area contributed by atoms with E-state index in [0.717, 1.165) is 36.1 Å². The molecule has 1 heterocycles. The van der Waals surface area contributed by atoms with Crippen LogP contribution in [0.3, 0.4) is 0 Å². The molecule has 1 fully saturated rings. The van der Waals surface area contributed by atoms with Gasteiger partial charge in [0.2, 0.25) is 0 Å². The summed E-state index contributed by atoms with van der Waals surface area (Å²) >= 11 is 6.26. The van der Waals surface area contributed by atoms with E-state index in [1.807, 2.05) is 36.4 Å². The van der Waals surface area contributed by atoms with E-state index in [0.29, 0.717) is 24.1 Å². The van der Waals surface area contributed by atoms with Gasteiger partial charge in [0.05, 0.1) is 0 Å². The number of hydrogen-bond donors (Lipinski definition) is 3. The molecule has 174 valence electrons. The molecule has 0 saturated carbocycles. The molecule has 1 amide bonds. The second-order valence-corrected chi connectivity index (χ2v) is 8.40. The van der Waals surface area contributed by atoms with E-state index in [2.05, 4.69) is 45.0 Å². The Morgan fingerprint density at radius 2 is 1.94 bits per heavy atom. The van der Waals surface area contributed by atoms with Crippen molar-refractivity contribution in [2.75, 3.05) is 34.2 Å². The number of carbonyl (C=O) groups excluding carboxylic acids is 1. The second kappa shape index (κ2) is 13.0. The summed E-state index contributed by atoms with van der Waals surface area (Å²) < 4.78 is 0. The molecule has 6 nitrogen and oxygen atoms in total. The lowest BCUT2D eigenvalue weighted by Crippen LogP contribution is -2.44. The van der Waals surface area contributed by atoms with Gasteiger partial charge in [-0.05, 0) is 67.7 Å². The van der Waals surface area contributed by atoms with Crippen molar-refractivity contribution in [1.29, 1.82) is 0 Å². The molecule has 3 N–H and O–H groups in total. The molecule has 2 aromatic rings. The van der Waals surface area contributed by atoms with Crippen LogP contribution in [0, 0.1) is 5.92 Å². The smallest absolute Gasteiger partial charge is 0.251 e. The molecule has 3 rings (SSSR count). The van der Waals surface area contributed by atoms with Crippen LogP contribution >= 0.6 is 35.6 Å². The van der Waals surface area contributed by atoms with Gasteiger partial charge in [-0.3, -0.25) is 14.7 Å². The molecule has 0 spiro atoms. The first-order chi connectivity index (χ1) is 15.0. The van der Waals surface area contributed by atoms with Gasteiger partial charge in [0.1, 0.15) is 0 Å². The van der Waals surface area contributed by atoms with Gasteiger partial charge >= 0.3 is 0 Å². The molecule has 32 heavy (non-hydrogen) atoms. The zero-order chi connectivity index (χ0) is 22.2. The minimum Gasteiger partial charge on any atom is -0.356 e. The Labute approximate surface area is 213 Å². The summed E-state index contributed by atoms with van der Waals surface area (Å²) in [5.41, 5.74) is 3.01. The number of nitrogens with zero attached hydrogens (tertiary/aromatic N) is 2. The van der Waals surface area contributed by atoms with Gasteiger partial charge in [-0.2, -0.15) is 0 Å². The molecule has 2 atom stereocenters. The number of benzene rings is 2. The fourth-order valence-electron chi connectivity index (χ4n) is 4.24. The number of amides is 1. The van der Waals surface area contributed by atoms with Gasteiger partial charge in [-0.15, -0.1) is 24.0 Å². The zero-order valence-corrected chi connectivity index (χ0v) is 22.0. The van der Waals surface area contributed by atoms with Crippen molar-refractivity contribution in [3.05, 3.63) is 70.2 Å². The molecule has 2 unspecified atom stereocenters. The summed E-state index contributed by atoms with van der Waals surface area (Å²) in [6, 6.07) is 16.1. The van der Waals surface area contributed by atoms with E-state index < -0.39 is 0 Å². The van der Waals surface area contributed by atoms with Crippen LogP contribution in [0.5, 0.6) is 0 Å². The lowest BCUT2D eigenvalue weighted by Gasteiger charge is -2.40. The van der Waals surface area contributed by atoms with Crippen LogP contribution in [0.25, 0.3) is 0 Å². The molecule has 2 aromatic carbocycles. The van der Waals surface area contributed by atoms with Crippen molar-refractivity contribution in [2.24, 2.45) is 10.9 Å². The Bertz CT molecular complexity index is 906. The van der Waals surface area contributed by atoms with Gasteiger partial charge < -0.3 is 16.0 Å². The maximum absolute atomic E-state index is 11.7. The Balaban J connectivity index is 0.00000363. The molecular weight excluding hydrogens is 537 g/mol. The maximum Gasteiger partial charge on any atom is 0.251 e. The summed E-state index contributed by atoms with van der Waals surface area (Å²) in [6.07, 6.45) is 2.34. The standard InChI is InChI=1S/C24H32ClN5O.HI/c1-26-23(31)18-11-9-17(10-12-18)15-28-24(27-2)29-16-20-7-5-13-30(3)22(20)19-6-4-8-21(25)14-19;/h4,6,8-12,14,20,22H,5,7,13,15-16H2,1-3H3,(H,26,31)(H2,27,28,29);1H. The molecule has 0 aromatic heterocycles.